The number of hydrogen-bond donors (Lipinski definition) is 2. The summed E-state index contributed by atoms with van der Waals surface area (Å²) in [6, 6.07) is 5.11. The van der Waals surface area contributed by atoms with Gasteiger partial charge in [-0.15, -0.1) is 10.2 Å². The summed E-state index contributed by atoms with van der Waals surface area (Å²) < 4.78 is 1.78. The van der Waals surface area contributed by atoms with E-state index in [4.69, 9.17) is 0 Å². The molecule has 21 heavy (non-hydrogen) atoms. The molecule has 7 heteroatoms. The van der Waals surface area contributed by atoms with Gasteiger partial charge in [-0.1, -0.05) is 13.0 Å². The highest BCUT2D eigenvalue weighted by atomic mass is 16.1. The van der Waals surface area contributed by atoms with Crippen LogP contribution < -0.4 is 10.6 Å². The van der Waals surface area contributed by atoms with Gasteiger partial charge < -0.3 is 15.2 Å². The fourth-order valence-corrected chi connectivity index (χ4v) is 1.93. The number of carbonyl (C=O) groups is 1. The van der Waals surface area contributed by atoms with Gasteiger partial charge in [-0.25, -0.2) is 4.98 Å². The van der Waals surface area contributed by atoms with Crippen LogP contribution in [-0.4, -0.2) is 32.2 Å². The molecule has 0 radical (unpaired) electrons. The van der Waals surface area contributed by atoms with Gasteiger partial charge in [0.15, 0.2) is 5.82 Å². The van der Waals surface area contributed by atoms with Gasteiger partial charge in [0, 0.05) is 13.6 Å². The summed E-state index contributed by atoms with van der Waals surface area (Å²) >= 11 is 0. The summed E-state index contributed by atoms with van der Waals surface area (Å²) in [6.45, 7) is 4.76. The van der Waals surface area contributed by atoms with Crippen LogP contribution in [0.25, 0.3) is 0 Å². The maximum Gasteiger partial charge on any atom is 0.270 e. The largest absolute Gasteiger partial charge is 0.370 e. The average Bonchev–Trinajstić information content (AvgIpc) is 2.91. The van der Waals surface area contributed by atoms with Crippen LogP contribution in [0.2, 0.25) is 0 Å². The average molecular weight is 288 g/mol. The Labute approximate surface area is 123 Å². The zero-order valence-corrected chi connectivity index (χ0v) is 12.5. The van der Waals surface area contributed by atoms with Crippen molar-refractivity contribution < 1.29 is 4.79 Å². The number of aromatic nitrogens is 4. The van der Waals surface area contributed by atoms with Crippen molar-refractivity contribution in [3.63, 3.8) is 0 Å². The minimum atomic E-state index is -0.237. The molecule has 7 nitrogen and oxygen atoms in total. The van der Waals surface area contributed by atoms with Gasteiger partial charge in [-0.2, -0.15) is 0 Å². The number of nitrogens with zero attached hydrogens (tertiary/aromatic N) is 4. The summed E-state index contributed by atoms with van der Waals surface area (Å²) in [5.74, 6) is 1.17. The van der Waals surface area contributed by atoms with Crippen LogP contribution in [0, 0.1) is 0 Å². The van der Waals surface area contributed by atoms with Gasteiger partial charge in [0.1, 0.15) is 17.8 Å². The molecule has 2 heterocycles. The molecule has 0 aromatic carbocycles. The Bertz CT molecular complexity index is 609. The van der Waals surface area contributed by atoms with Crippen molar-refractivity contribution in [2.75, 3.05) is 11.9 Å². The number of hydrogen-bond acceptors (Lipinski definition) is 5. The fourth-order valence-electron chi connectivity index (χ4n) is 1.93. The van der Waals surface area contributed by atoms with E-state index in [-0.39, 0.29) is 11.9 Å². The number of carbonyl (C=O) groups excluding carboxylic acids is 1. The van der Waals surface area contributed by atoms with Gasteiger partial charge in [0.2, 0.25) is 0 Å². The summed E-state index contributed by atoms with van der Waals surface area (Å²) in [4.78, 5) is 16.5. The third-order valence-electron chi connectivity index (χ3n) is 3.02. The molecule has 2 aromatic rings. The van der Waals surface area contributed by atoms with Crippen LogP contribution in [0.1, 0.15) is 42.6 Å². The number of anilines is 1. The molecule has 0 aliphatic carbocycles. The lowest BCUT2D eigenvalue weighted by atomic mass is 10.2. The Kier molecular flexibility index (Phi) is 4.86. The van der Waals surface area contributed by atoms with Crippen LogP contribution >= 0.6 is 0 Å². The highest BCUT2D eigenvalue weighted by molar-refractivity contribution is 5.92. The number of rotatable bonds is 6. The van der Waals surface area contributed by atoms with Crippen molar-refractivity contribution >= 4 is 11.7 Å². The van der Waals surface area contributed by atoms with Crippen molar-refractivity contribution in [2.24, 2.45) is 7.05 Å². The molecule has 0 fully saturated rings. The van der Waals surface area contributed by atoms with Crippen LogP contribution in [0.4, 0.5) is 5.82 Å². The molecule has 1 unspecified atom stereocenters. The van der Waals surface area contributed by atoms with Crippen molar-refractivity contribution in [3.05, 3.63) is 36.0 Å². The molecule has 2 rings (SSSR count). The molecule has 1 atom stereocenters. The van der Waals surface area contributed by atoms with E-state index in [1.807, 2.05) is 26.1 Å². The Morgan fingerprint density at radius 1 is 1.43 bits per heavy atom. The van der Waals surface area contributed by atoms with Gasteiger partial charge in [-0.05, 0) is 25.5 Å². The lowest BCUT2D eigenvalue weighted by molar-refractivity contribution is 0.0933. The third-order valence-corrected chi connectivity index (χ3v) is 3.02. The minimum Gasteiger partial charge on any atom is -0.370 e. The van der Waals surface area contributed by atoms with E-state index in [1.165, 1.54) is 0 Å². The van der Waals surface area contributed by atoms with Crippen LogP contribution in [-0.2, 0) is 7.05 Å². The number of aryl methyl sites for hydroxylation is 1. The zero-order valence-electron chi connectivity index (χ0n) is 12.5. The quantitative estimate of drug-likeness (QED) is 0.842. The summed E-state index contributed by atoms with van der Waals surface area (Å²) in [7, 11) is 1.84. The van der Waals surface area contributed by atoms with Gasteiger partial charge >= 0.3 is 0 Å². The van der Waals surface area contributed by atoms with Crippen molar-refractivity contribution in [3.8, 4) is 0 Å². The predicted molar refractivity (Wildman–Crippen MR) is 79.9 cm³/mol. The molecule has 0 bridgehead atoms. The lowest BCUT2D eigenvalue weighted by Gasteiger charge is -2.13. The Balaban J connectivity index is 2.04. The number of nitrogens with one attached hydrogen (secondary N) is 2. The molecule has 1 amide bonds. The number of amides is 1. The van der Waals surface area contributed by atoms with E-state index in [9.17, 15) is 4.79 Å². The highest BCUT2D eigenvalue weighted by Gasteiger charge is 2.16. The monoisotopic (exact) mass is 288 g/mol. The zero-order chi connectivity index (χ0) is 15.2. The highest BCUT2D eigenvalue weighted by Crippen LogP contribution is 2.10. The van der Waals surface area contributed by atoms with E-state index in [1.54, 1.807) is 17.0 Å². The van der Waals surface area contributed by atoms with E-state index in [0.29, 0.717) is 17.3 Å². The number of pyridine rings is 1. The first-order chi connectivity index (χ1) is 10.1. The molecular weight excluding hydrogens is 268 g/mol. The van der Waals surface area contributed by atoms with Crippen molar-refractivity contribution in [2.45, 2.75) is 26.3 Å². The topological polar surface area (TPSA) is 84.7 Å². The van der Waals surface area contributed by atoms with Crippen LogP contribution in [0.5, 0.6) is 0 Å². The van der Waals surface area contributed by atoms with Crippen molar-refractivity contribution in [1.82, 2.24) is 25.1 Å². The first kappa shape index (κ1) is 15.0. The third kappa shape index (κ3) is 3.77. The summed E-state index contributed by atoms with van der Waals surface area (Å²) in [6.07, 6.45) is 2.60. The van der Waals surface area contributed by atoms with E-state index in [0.717, 1.165) is 13.0 Å². The van der Waals surface area contributed by atoms with E-state index < -0.39 is 0 Å². The second-order valence-electron chi connectivity index (χ2n) is 4.83. The molecule has 0 saturated heterocycles. The SMILES string of the molecule is CCCNc1cccc(C(=O)NC(C)c2nncn2C)n1. The first-order valence-electron chi connectivity index (χ1n) is 6.97. The summed E-state index contributed by atoms with van der Waals surface area (Å²) in [5, 5.41) is 13.8. The maximum absolute atomic E-state index is 12.2. The lowest BCUT2D eigenvalue weighted by Crippen LogP contribution is -2.29. The van der Waals surface area contributed by atoms with Crippen LogP contribution in [0.15, 0.2) is 24.5 Å². The van der Waals surface area contributed by atoms with Crippen LogP contribution in [0.3, 0.4) is 0 Å². The van der Waals surface area contributed by atoms with Crippen molar-refractivity contribution in [1.29, 1.82) is 0 Å². The van der Waals surface area contributed by atoms with E-state index in [2.05, 4.69) is 32.7 Å². The fraction of sp³-hybridized carbons (Fsp3) is 0.429. The van der Waals surface area contributed by atoms with Gasteiger partial charge in [0.05, 0.1) is 6.04 Å². The molecule has 0 spiro atoms. The normalized spacial score (nSPS) is 12.0. The molecule has 0 aliphatic heterocycles. The summed E-state index contributed by atoms with van der Waals surface area (Å²) in [5.41, 5.74) is 0.380. The first-order valence-corrected chi connectivity index (χ1v) is 6.97. The Morgan fingerprint density at radius 2 is 2.24 bits per heavy atom. The predicted octanol–water partition coefficient (Wildman–Crippen LogP) is 1.52. The molecule has 0 aliphatic rings. The minimum absolute atomic E-state index is 0.231. The smallest absolute Gasteiger partial charge is 0.270 e. The molecule has 0 saturated carbocycles. The van der Waals surface area contributed by atoms with E-state index >= 15 is 0 Å². The Morgan fingerprint density at radius 3 is 2.90 bits per heavy atom. The molecule has 2 N–H and O–H groups in total. The molecule has 2 aromatic heterocycles. The standard InChI is InChI=1S/C14H20N6O/c1-4-8-15-12-7-5-6-11(18-12)14(21)17-10(2)13-19-16-9-20(13)3/h5-7,9-10H,4,8H2,1-3H3,(H,15,18)(H,17,21). The molecular formula is C14H20N6O. The van der Waals surface area contributed by atoms with Gasteiger partial charge in [-0.3, -0.25) is 4.79 Å². The second-order valence-corrected chi connectivity index (χ2v) is 4.83. The Hall–Kier alpha value is -2.44. The van der Waals surface area contributed by atoms with Gasteiger partial charge in [0.25, 0.3) is 5.91 Å². The second kappa shape index (κ2) is 6.83. The molecule has 112 valence electrons. The maximum atomic E-state index is 12.2.